The Labute approximate surface area is 192 Å². The van der Waals surface area contributed by atoms with Crippen LogP contribution < -0.4 is 0 Å². The SMILES string of the molecule is CC1(C)c2ccccc2C(C)(C)c2cc(-c3nccc4c3/C=C/CCCC/C=C/4)ccc21. The van der Waals surface area contributed by atoms with Gasteiger partial charge in [0.05, 0.1) is 5.69 Å². The lowest BCUT2D eigenvalue weighted by molar-refractivity contribution is 0.521. The van der Waals surface area contributed by atoms with E-state index < -0.39 is 0 Å². The largest absolute Gasteiger partial charge is 0.256 e. The minimum absolute atomic E-state index is 0.0161. The van der Waals surface area contributed by atoms with Crippen molar-refractivity contribution in [3.05, 3.63) is 100 Å². The highest BCUT2D eigenvalue weighted by molar-refractivity contribution is 5.79. The number of hydrogen-bond donors (Lipinski definition) is 0. The van der Waals surface area contributed by atoms with E-state index in [-0.39, 0.29) is 10.8 Å². The number of fused-ring (bicyclic) bond motifs is 3. The zero-order valence-electron chi connectivity index (χ0n) is 19.8. The van der Waals surface area contributed by atoms with Gasteiger partial charge < -0.3 is 0 Å². The van der Waals surface area contributed by atoms with E-state index in [0.717, 1.165) is 18.5 Å². The van der Waals surface area contributed by atoms with Crippen molar-refractivity contribution >= 4 is 12.2 Å². The molecule has 0 amide bonds. The molecule has 0 saturated carbocycles. The first-order valence-electron chi connectivity index (χ1n) is 12.0. The number of nitrogens with zero attached hydrogens (tertiary/aromatic N) is 1. The Morgan fingerprint density at radius 2 is 1.31 bits per heavy atom. The molecule has 5 rings (SSSR count). The summed E-state index contributed by atoms with van der Waals surface area (Å²) in [6.07, 6.45) is 15.9. The molecule has 0 spiro atoms. The summed E-state index contributed by atoms with van der Waals surface area (Å²) in [6, 6.07) is 18.1. The minimum Gasteiger partial charge on any atom is -0.256 e. The highest BCUT2D eigenvalue weighted by atomic mass is 14.7. The zero-order chi connectivity index (χ0) is 22.3. The molecular formula is C31H33N. The summed E-state index contributed by atoms with van der Waals surface area (Å²) in [4.78, 5) is 4.88. The summed E-state index contributed by atoms with van der Waals surface area (Å²) >= 11 is 0. The molecule has 0 bridgehead atoms. The second-order valence-electron chi connectivity index (χ2n) is 10.3. The smallest absolute Gasteiger partial charge is 0.0780 e. The van der Waals surface area contributed by atoms with Crippen LogP contribution in [0.3, 0.4) is 0 Å². The van der Waals surface area contributed by atoms with Gasteiger partial charge in [0.1, 0.15) is 0 Å². The van der Waals surface area contributed by atoms with Gasteiger partial charge in [0.2, 0.25) is 0 Å². The lowest BCUT2D eigenvalue weighted by Crippen LogP contribution is -2.36. The molecule has 0 N–H and O–H groups in total. The molecule has 0 atom stereocenters. The van der Waals surface area contributed by atoms with E-state index in [9.17, 15) is 0 Å². The predicted molar refractivity (Wildman–Crippen MR) is 137 cm³/mol. The number of hydrogen-bond acceptors (Lipinski definition) is 1. The van der Waals surface area contributed by atoms with Crippen molar-refractivity contribution in [2.24, 2.45) is 0 Å². The van der Waals surface area contributed by atoms with Crippen molar-refractivity contribution in [2.75, 3.05) is 0 Å². The van der Waals surface area contributed by atoms with Crippen LogP contribution in [0, 0.1) is 0 Å². The van der Waals surface area contributed by atoms with Crippen LogP contribution in [0.5, 0.6) is 0 Å². The predicted octanol–water partition coefficient (Wildman–Crippen LogP) is 8.31. The molecule has 2 aliphatic carbocycles. The van der Waals surface area contributed by atoms with E-state index in [2.05, 4.69) is 101 Å². The molecule has 0 radical (unpaired) electrons. The fraction of sp³-hybridized carbons (Fsp3) is 0.323. The highest BCUT2D eigenvalue weighted by Crippen LogP contribution is 2.50. The molecule has 162 valence electrons. The summed E-state index contributed by atoms with van der Waals surface area (Å²) in [5.74, 6) is 0. The first-order valence-corrected chi connectivity index (χ1v) is 12.0. The third-order valence-corrected chi connectivity index (χ3v) is 7.51. The summed E-state index contributed by atoms with van der Waals surface area (Å²) in [5.41, 5.74) is 10.4. The van der Waals surface area contributed by atoms with E-state index in [1.807, 2.05) is 6.20 Å². The average molecular weight is 420 g/mol. The van der Waals surface area contributed by atoms with Gasteiger partial charge in [0, 0.05) is 28.2 Å². The highest BCUT2D eigenvalue weighted by Gasteiger charge is 2.41. The van der Waals surface area contributed by atoms with Crippen molar-refractivity contribution in [1.29, 1.82) is 0 Å². The fourth-order valence-electron chi connectivity index (χ4n) is 5.59. The normalized spacial score (nSPS) is 20.4. The quantitative estimate of drug-likeness (QED) is 0.386. The summed E-state index contributed by atoms with van der Waals surface area (Å²) < 4.78 is 0. The van der Waals surface area contributed by atoms with Crippen molar-refractivity contribution in [1.82, 2.24) is 4.98 Å². The molecular weight excluding hydrogens is 386 g/mol. The Bertz CT molecular complexity index is 1220. The lowest BCUT2D eigenvalue weighted by atomic mass is 9.60. The molecule has 0 unspecified atom stereocenters. The van der Waals surface area contributed by atoms with Crippen LogP contribution in [-0.4, -0.2) is 4.98 Å². The summed E-state index contributed by atoms with van der Waals surface area (Å²) in [6.45, 7) is 9.44. The number of allylic oxidation sites excluding steroid dienone is 2. The molecule has 1 heteroatoms. The molecule has 0 aliphatic heterocycles. The van der Waals surface area contributed by atoms with Gasteiger partial charge in [-0.25, -0.2) is 0 Å². The Morgan fingerprint density at radius 1 is 0.688 bits per heavy atom. The molecule has 2 aliphatic rings. The third kappa shape index (κ3) is 3.35. The van der Waals surface area contributed by atoms with Gasteiger partial charge in [-0.1, -0.05) is 88.4 Å². The molecule has 0 fully saturated rings. The third-order valence-electron chi connectivity index (χ3n) is 7.51. The van der Waals surface area contributed by atoms with E-state index in [0.29, 0.717) is 0 Å². The fourth-order valence-corrected chi connectivity index (χ4v) is 5.59. The van der Waals surface area contributed by atoms with E-state index in [1.54, 1.807) is 0 Å². The maximum absolute atomic E-state index is 4.88. The molecule has 1 heterocycles. The van der Waals surface area contributed by atoms with Gasteiger partial charge in [-0.3, -0.25) is 4.98 Å². The van der Waals surface area contributed by atoms with Crippen LogP contribution in [0.2, 0.25) is 0 Å². The monoisotopic (exact) mass is 419 g/mol. The summed E-state index contributed by atoms with van der Waals surface area (Å²) in [7, 11) is 0. The van der Waals surface area contributed by atoms with E-state index in [4.69, 9.17) is 4.98 Å². The van der Waals surface area contributed by atoms with Crippen molar-refractivity contribution in [3.8, 4) is 11.3 Å². The van der Waals surface area contributed by atoms with Gasteiger partial charge in [-0.05, 0) is 65.6 Å². The number of pyridine rings is 1. The summed E-state index contributed by atoms with van der Waals surface area (Å²) in [5, 5.41) is 0. The molecule has 0 saturated heterocycles. The first-order chi connectivity index (χ1) is 15.4. The van der Waals surface area contributed by atoms with Gasteiger partial charge in [0.25, 0.3) is 0 Å². The minimum atomic E-state index is -0.0498. The Balaban J connectivity index is 1.70. The second kappa shape index (κ2) is 7.89. The first kappa shape index (κ1) is 20.9. The molecule has 1 aromatic heterocycles. The average Bonchev–Trinajstić information content (AvgIpc) is 2.80. The van der Waals surface area contributed by atoms with Crippen LogP contribution in [0.15, 0.2) is 66.9 Å². The van der Waals surface area contributed by atoms with Crippen LogP contribution in [0.4, 0.5) is 0 Å². The number of rotatable bonds is 1. The van der Waals surface area contributed by atoms with Crippen molar-refractivity contribution in [3.63, 3.8) is 0 Å². The lowest BCUT2D eigenvalue weighted by Gasteiger charge is -2.44. The maximum atomic E-state index is 4.88. The van der Waals surface area contributed by atoms with Crippen LogP contribution in [0.1, 0.15) is 86.8 Å². The van der Waals surface area contributed by atoms with Crippen LogP contribution >= 0.6 is 0 Å². The number of aromatic nitrogens is 1. The number of benzene rings is 2. The Kier molecular flexibility index (Phi) is 5.16. The molecule has 2 aromatic carbocycles. The maximum Gasteiger partial charge on any atom is 0.0780 e. The zero-order valence-corrected chi connectivity index (χ0v) is 19.8. The van der Waals surface area contributed by atoms with Crippen LogP contribution in [0.25, 0.3) is 23.4 Å². The van der Waals surface area contributed by atoms with Crippen molar-refractivity contribution in [2.45, 2.75) is 64.2 Å². The van der Waals surface area contributed by atoms with Gasteiger partial charge >= 0.3 is 0 Å². The van der Waals surface area contributed by atoms with Crippen molar-refractivity contribution < 1.29 is 0 Å². The molecule has 32 heavy (non-hydrogen) atoms. The van der Waals surface area contributed by atoms with E-state index >= 15 is 0 Å². The Morgan fingerprint density at radius 3 is 2.03 bits per heavy atom. The van der Waals surface area contributed by atoms with Gasteiger partial charge in [-0.2, -0.15) is 0 Å². The van der Waals surface area contributed by atoms with Crippen LogP contribution in [-0.2, 0) is 10.8 Å². The van der Waals surface area contributed by atoms with Gasteiger partial charge in [-0.15, -0.1) is 0 Å². The van der Waals surface area contributed by atoms with Gasteiger partial charge in [0.15, 0.2) is 0 Å². The molecule has 1 nitrogen and oxygen atoms in total. The standard InChI is InChI=1S/C31H33N/c1-30(2)25-15-11-12-16-26(25)31(3,4)28-21-23(17-18-27(28)30)29-24-14-10-8-6-5-7-9-13-22(24)19-20-32-29/h9-21H,5-8H2,1-4H3/b13-9+,14-10+. The Hall–Kier alpha value is -2.93. The van der Waals surface area contributed by atoms with E-state index in [1.165, 1.54) is 51.8 Å². The second-order valence-corrected chi connectivity index (χ2v) is 10.3. The topological polar surface area (TPSA) is 12.9 Å². The molecule has 3 aromatic rings.